The van der Waals surface area contributed by atoms with Crippen molar-refractivity contribution in [1.29, 1.82) is 0 Å². The van der Waals surface area contributed by atoms with E-state index in [-0.39, 0.29) is 0 Å². The summed E-state index contributed by atoms with van der Waals surface area (Å²) in [7, 11) is 0. The van der Waals surface area contributed by atoms with Crippen LogP contribution in [0.3, 0.4) is 0 Å². The van der Waals surface area contributed by atoms with Crippen molar-refractivity contribution in [2.24, 2.45) is 5.92 Å². The summed E-state index contributed by atoms with van der Waals surface area (Å²) in [6.07, 6.45) is 2.27. The van der Waals surface area contributed by atoms with E-state index >= 15 is 0 Å². The molecule has 0 bridgehead atoms. The van der Waals surface area contributed by atoms with Gasteiger partial charge in [0.05, 0.1) is 11.3 Å². The van der Waals surface area contributed by atoms with Gasteiger partial charge in [-0.05, 0) is 37.0 Å². The second-order valence-corrected chi connectivity index (χ2v) is 5.55. The van der Waals surface area contributed by atoms with Crippen molar-refractivity contribution in [2.45, 2.75) is 19.8 Å². The van der Waals surface area contributed by atoms with Crippen LogP contribution in [-0.4, -0.2) is 24.2 Å². The number of anilines is 1. The first-order chi connectivity index (χ1) is 8.08. The van der Waals surface area contributed by atoms with Crippen molar-refractivity contribution < 1.29 is 9.90 Å². The molecule has 1 fully saturated rings. The molecule has 1 aliphatic rings. The molecule has 1 N–H and O–H groups in total. The number of benzene rings is 1. The quantitative estimate of drug-likeness (QED) is 0.910. The molecule has 0 saturated carbocycles. The Bertz CT molecular complexity index is 425. The fourth-order valence-electron chi connectivity index (χ4n) is 2.20. The molecular formula is C13H16BrNO2. The van der Waals surface area contributed by atoms with E-state index in [9.17, 15) is 9.90 Å². The van der Waals surface area contributed by atoms with Crippen LogP contribution in [0.2, 0.25) is 0 Å². The maximum absolute atomic E-state index is 11.2. The molecule has 0 amide bonds. The van der Waals surface area contributed by atoms with E-state index in [2.05, 4.69) is 27.8 Å². The minimum atomic E-state index is -0.861. The number of carboxylic acids is 1. The molecule has 0 unspecified atom stereocenters. The summed E-state index contributed by atoms with van der Waals surface area (Å²) in [6.45, 7) is 4.14. The molecule has 0 aromatic heterocycles. The topological polar surface area (TPSA) is 40.5 Å². The summed E-state index contributed by atoms with van der Waals surface area (Å²) in [6, 6.07) is 5.47. The smallest absolute Gasteiger partial charge is 0.337 e. The number of aromatic carboxylic acids is 1. The van der Waals surface area contributed by atoms with Crippen molar-refractivity contribution in [1.82, 2.24) is 0 Å². The van der Waals surface area contributed by atoms with E-state index in [4.69, 9.17) is 0 Å². The molecule has 1 aromatic carbocycles. The van der Waals surface area contributed by atoms with Crippen LogP contribution in [0.15, 0.2) is 22.7 Å². The van der Waals surface area contributed by atoms with E-state index in [0.29, 0.717) is 5.56 Å². The molecule has 4 heteroatoms. The summed E-state index contributed by atoms with van der Waals surface area (Å²) in [5.74, 6) is -0.116. The van der Waals surface area contributed by atoms with Crippen LogP contribution in [0.25, 0.3) is 0 Å². The summed E-state index contributed by atoms with van der Waals surface area (Å²) in [4.78, 5) is 13.4. The highest BCUT2D eigenvalue weighted by Gasteiger charge is 2.20. The molecule has 0 aliphatic carbocycles. The number of halogens is 1. The Morgan fingerprint density at radius 3 is 2.65 bits per heavy atom. The fraction of sp³-hybridized carbons (Fsp3) is 0.462. The number of hydrogen-bond donors (Lipinski definition) is 1. The highest BCUT2D eigenvalue weighted by molar-refractivity contribution is 9.10. The van der Waals surface area contributed by atoms with Crippen LogP contribution < -0.4 is 4.90 Å². The third-order valence-electron chi connectivity index (χ3n) is 3.31. The van der Waals surface area contributed by atoms with E-state index < -0.39 is 5.97 Å². The number of carbonyl (C=O) groups is 1. The first kappa shape index (κ1) is 12.4. The normalized spacial score (nSPS) is 17.2. The Kier molecular flexibility index (Phi) is 3.72. The molecule has 0 atom stereocenters. The number of rotatable bonds is 2. The van der Waals surface area contributed by atoms with Crippen molar-refractivity contribution in [2.75, 3.05) is 18.0 Å². The molecule has 17 heavy (non-hydrogen) atoms. The van der Waals surface area contributed by atoms with Gasteiger partial charge in [-0.15, -0.1) is 0 Å². The zero-order valence-electron chi connectivity index (χ0n) is 9.82. The largest absolute Gasteiger partial charge is 0.478 e. The van der Waals surface area contributed by atoms with Crippen LogP contribution in [-0.2, 0) is 0 Å². The summed E-state index contributed by atoms with van der Waals surface area (Å²) >= 11 is 3.32. The minimum absolute atomic E-state index is 0.383. The zero-order valence-corrected chi connectivity index (χ0v) is 11.4. The maximum atomic E-state index is 11.2. The minimum Gasteiger partial charge on any atom is -0.478 e. The van der Waals surface area contributed by atoms with Gasteiger partial charge in [-0.1, -0.05) is 22.9 Å². The molecule has 3 nitrogen and oxygen atoms in total. The predicted molar refractivity (Wildman–Crippen MR) is 71.7 cm³/mol. The first-order valence-corrected chi connectivity index (χ1v) is 6.65. The van der Waals surface area contributed by atoms with Gasteiger partial charge in [0.15, 0.2) is 0 Å². The van der Waals surface area contributed by atoms with Crippen molar-refractivity contribution >= 4 is 27.6 Å². The van der Waals surface area contributed by atoms with Crippen LogP contribution in [0.1, 0.15) is 30.1 Å². The van der Waals surface area contributed by atoms with Crippen LogP contribution in [0.4, 0.5) is 5.69 Å². The summed E-state index contributed by atoms with van der Waals surface area (Å²) < 4.78 is 0.809. The Morgan fingerprint density at radius 2 is 2.06 bits per heavy atom. The lowest BCUT2D eigenvalue weighted by Gasteiger charge is -2.33. The van der Waals surface area contributed by atoms with E-state index in [1.54, 1.807) is 6.07 Å². The van der Waals surface area contributed by atoms with E-state index in [1.807, 2.05) is 12.1 Å². The monoisotopic (exact) mass is 297 g/mol. The Morgan fingerprint density at radius 1 is 1.41 bits per heavy atom. The van der Waals surface area contributed by atoms with Gasteiger partial charge < -0.3 is 10.0 Å². The molecule has 0 radical (unpaired) electrons. The molecule has 0 spiro atoms. The van der Waals surface area contributed by atoms with Crippen molar-refractivity contribution in [3.63, 3.8) is 0 Å². The van der Waals surface area contributed by atoms with Crippen LogP contribution >= 0.6 is 15.9 Å². The Labute approximate surface area is 110 Å². The van der Waals surface area contributed by atoms with Gasteiger partial charge in [0.25, 0.3) is 0 Å². The zero-order chi connectivity index (χ0) is 12.4. The third kappa shape index (κ3) is 2.80. The molecule has 92 valence electrons. The number of carboxylic acid groups (broad SMARTS) is 1. The number of hydrogen-bond acceptors (Lipinski definition) is 2. The summed E-state index contributed by atoms with van der Waals surface area (Å²) in [5, 5.41) is 9.23. The van der Waals surface area contributed by atoms with Gasteiger partial charge in [0.1, 0.15) is 0 Å². The molecule has 1 saturated heterocycles. The van der Waals surface area contributed by atoms with E-state index in [0.717, 1.165) is 42.0 Å². The van der Waals surface area contributed by atoms with Gasteiger partial charge in [-0.25, -0.2) is 4.79 Å². The first-order valence-electron chi connectivity index (χ1n) is 5.85. The van der Waals surface area contributed by atoms with Crippen molar-refractivity contribution in [3.05, 3.63) is 28.2 Å². The SMILES string of the molecule is CC1CCN(c2ccc(Br)cc2C(=O)O)CC1. The number of piperidine rings is 1. The van der Waals surface area contributed by atoms with Gasteiger partial charge >= 0.3 is 5.97 Å². The lowest BCUT2D eigenvalue weighted by atomic mass is 9.98. The maximum Gasteiger partial charge on any atom is 0.337 e. The lowest BCUT2D eigenvalue weighted by molar-refractivity contribution is 0.0697. The molecule has 2 rings (SSSR count). The van der Waals surface area contributed by atoms with Gasteiger partial charge in [0.2, 0.25) is 0 Å². The van der Waals surface area contributed by atoms with Crippen LogP contribution in [0.5, 0.6) is 0 Å². The molecule has 1 aromatic rings. The highest BCUT2D eigenvalue weighted by atomic mass is 79.9. The van der Waals surface area contributed by atoms with E-state index in [1.165, 1.54) is 0 Å². The molecule has 1 aliphatic heterocycles. The lowest BCUT2D eigenvalue weighted by Crippen LogP contribution is -2.33. The number of nitrogens with zero attached hydrogens (tertiary/aromatic N) is 1. The Hall–Kier alpha value is -1.03. The average Bonchev–Trinajstić information content (AvgIpc) is 2.30. The van der Waals surface area contributed by atoms with Crippen LogP contribution in [0, 0.1) is 5.92 Å². The predicted octanol–water partition coefficient (Wildman–Crippen LogP) is 3.38. The molecular weight excluding hydrogens is 282 g/mol. The second kappa shape index (κ2) is 5.08. The van der Waals surface area contributed by atoms with Gasteiger partial charge in [-0.2, -0.15) is 0 Å². The van der Waals surface area contributed by atoms with Gasteiger partial charge in [-0.3, -0.25) is 0 Å². The second-order valence-electron chi connectivity index (χ2n) is 4.64. The molecule has 1 heterocycles. The average molecular weight is 298 g/mol. The fourth-order valence-corrected chi connectivity index (χ4v) is 2.57. The standard InChI is InChI=1S/C13H16BrNO2/c1-9-4-6-15(7-5-9)12-3-2-10(14)8-11(12)13(16)17/h2-3,8-9H,4-7H2,1H3,(H,16,17). The summed E-state index contributed by atoms with van der Waals surface area (Å²) in [5.41, 5.74) is 1.22. The Balaban J connectivity index is 2.28. The highest BCUT2D eigenvalue weighted by Crippen LogP contribution is 2.28. The van der Waals surface area contributed by atoms with Crippen molar-refractivity contribution in [3.8, 4) is 0 Å². The van der Waals surface area contributed by atoms with Gasteiger partial charge in [0, 0.05) is 17.6 Å². The third-order valence-corrected chi connectivity index (χ3v) is 3.81.